The highest BCUT2D eigenvalue weighted by molar-refractivity contribution is 5.93. The van der Waals surface area contributed by atoms with E-state index in [9.17, 15) is 9.59 Å². The molecule has 2 aliphatic rings. The normalized spacial score (nSPS) is 33.0. The van der Waals surface area contributed by atoms with E-state index >= 15 is 0 Å². The predicted octanol–water partition coefficient (Wildman–Crippen LogP) is 1.32. The number of nitrogens with zero attached hydrogens (tertiary/aromatic N) is 1. The fraction of sp³-hybridized carbons (Fsp3) is 0.867. The van der Waals surface area contributed by atoms with Crippen LogP contribution in [0.4, 0.5) is 0 Å². The maximum atomic E-state index is 12.8. The van der Waals surface area contributed by atoms with E-state index in [0.29, 0.717) is 18.8 Å². The molecular formula is C15H26N2O3. The van der Waals surface area contributed by atoms with Gasteiger partial charge >= 0.3 is 0 Å². The number of ether oxygens (including phenoxy) is 1. The predicted molar refractivity (Wildman–Crippen MR) is 76.2 cm³/mol. The molecule has 2 unspecified atom stereocenters. The Morgan fingerprint density at radius 2 is 2.00 bits per heavy atom. The van der Waals surface area contributed by atoms with Crippen molar-refractivity contribution in [3.05, 3.63) is 0 Å². The molecule has 114 valence electrons. The first-order chi connectivity index (χ1) is 9.46. The monoisotopic (exact) mass is 282 g/mol. The van der Waals surface area contributed by atoms with E-state index in [1.807, 2.05) is 25.7 Å². The molecule has 2 atom stereocenters. The van der Waals surface area contributed by atoms with Crippen molar-refractivity contribution in [2.75, 3.05) is 19.8 Å². The van der Waals surface area contributed by atoms with Gasteiger partial charge in [-0.1, -0.05) is 6.92 Å². The van der Waals surface area contributed by atoms with Gasteiger partial charge in [-0.15, -0.1) is 0 Å². The van der Waals surface area contributed by atoms with Crippen molar-refractivity contribution in [1.29, 1.82) is 0 Å². The summed E-state index contributed by atoms with van der Waals surface area (Å²) in [5.74, 6) is 0.527. The lowest BCUT2D eigenvalue weighted by molar-refractivity contribution is -0.140. The number of rotatable bonds is 3. The van der Waals surface area contributed by atoms with Gasteiger partial charge in [-0.05, 0) is 39.0 Å². The Hall–Kier alpha value is -1.10. The summed E-state index contributed by atoms with van der Waals surface area (Å²) >= 11 is 0. The first-order valence-electron chi connectivity index (χ1n) is 7.66. The highest BCUT2D eigenvalue weighted by Gasteiger charge is 2.42. The molecule has 2 aliphatic heterocycles. The number of nitrogens with one attached hydrogen (secondary N) is 1. The second kappa shape index (κ2) is 6.12. The zero-order valence-electron chi connectivity index (χ0n) is 12.8. The van der Waals surface area contributed by atoms with Crippen molar-refractivity contribution in [3.8, 4) is 0 Å². The molecule has 5 nitrogen and oxygen atoms in total. The van der Waals surface area contributed by atoms with Gasteiger partial charge in [-0.2, -0.15) is 0 Å². The summed E-state index contributed by atoms with van der Waals surface area (Å²) in [6.45, 7) is 8.06. The van der Waals surface area contributed by atoms with E-state index in [2.05, 4.69) is 5.32 Å². The number of hydrogen-bond acceptors (Lipinski definition) is 3. The maximum absolute atomic E-state index is 12.8. The lowest BCUT2D eigenvalue weighted by Gasteiger charge is -2.36. The van der Waals surface area contributed by atoms with Crippen LogP contribution in [0.2, 0.25) is 0 Å². The lowest BCUT2D eigenvalue weighted by atomic mass is 9.94. The quantitative estimate of drug-likeness (QED) is 0.849. The zero-order valence-corrected chi connectivity index (χ0v) is 12.8. The summed E-state index contributed by atoms with van der Waals surface area (Å²) in [5.41, 5.74) is -0.757. The first kappa shape index (κ1) is 15.3. The van der Waals surface area contributed by atoms with Crippen LogP contribution >= 0.6 is 0 Å². The second-order valence-corrected chi connectivity index (χ2v) is 6.30. The number of carbonyl (C=O) groups excluding carboxylic acids is 2. The molecule has 0 spiro atoms. The topological polar surface area (TPSA) is 58.6 Å². The highest BCUT2D eigenvalue weighted by Crippen LogP contribution is 2.25. The van der Waals surface area contributed by atoms with Gasteiger partial charge in [0, 0.05) is 32.2 Å². The summed E-state index contributed by atoms with van der Waals surface area (Å²) in [4.78, 5) is 26.7. The molecule has 20 heavy (non-hydrogen) atoms. The molecule has 0 aromatic heterocycles. The maximum Gasteiger partial charge on any atom is 0.248 e. The second-order valence-electron chi connectivity index (χ2n) is 6.30. The summed E-state index contributed by atoms with van der Waals surface area (Å²) in [6.07, 6.45) is 3.01. The van der Waals surface area contributed by atoms with Gasteiger partial charge in [0.25, 0.3) is 0 Å². The smallest absolute Gasteiger partial charge is 0.248 e. The minimum Gasteiger partial charge on any atom is -0.381 e. The number of amides is 2. The SMILES string of the molecule is CCC1(C)NC(=O)CC(C)N(CC2CCOCC2)C1=O. The van der Waals surface area contributed by atoms with Gasteiger partial charge in [0.05, 0.1) is 0 Å². The average Bonchev–Trinajstić information content (AvgIpc) is 2.51. The molecule has 1 N–H and O–H groups in total. The molecule has 0 bridgehead atoms. The van der Waals surface area contributed by atoms with Crippen LogP contribution in [-0.4, -0.2) is 48.1 Å². The molecule has 0 aromatic carbocycles. The van der Waals surface area contributed by atoms with E-state index in [4.69, 9.17) is 4.74 Å². The molecule has 2 amide bonds. The fourth-order valence-corrected chi connectivity index (χ4v) is 3.02. The van der Waals surface area contributed by atoms with Gasteiger partial charge < -0.3 is 15.0 Å². The van der Waals surface area contributed by atoms with Crippen LogP contribution in [0.5, 0.6) is 0 Å². The van der Waals surface area contributed by atoms with E-state index in [1.54, 1.807) is 0 Å². The third-order valence-electron chi connectivity index (χ3n) is 4.66. The molecular weight excluding hydrogens is 256 g/mol. The highest BCUT2D eigenvalue weighted by atomic mass is 16.5. The van der Waals surface area contributed by atoms with Crippen LogP contribution in [0, 0.1) is 5.92 Å². The molecule has 0 saturated carbocycles. The lowest BCUT2D eigenvalue weighted by Crippen LogP contribution is -2.56. The van der Waals surface area contributed by atoms with Gasteiger partial charge in [-0.25, -0.2) is 0 Å². The van der Waals surface area contributed by atoms with E-state index in [0.717, 1.165) is 32.6 Å². The molecule has 2 saturated heterocycles. The summed E-state index contributed by atoms with van der Waals surface area (Å²) in [7, 11) is 0. The fourth-order valence-electron chi connectivity index (χ4n) is 3.02. The minimum atomic E-state index is -0.757. The van der Waals surface area contributed by atoms with Gasteiger partial charge in [0.1, 0.15) is 5.54 Å². The number of hydrogen-bond donors (Lipinski definition) is 1. The molecule has 0 aliphatic carbocycles. The number of carbonyl (C=O) groups is 2. The van der Waals surface area contributed by atoms with Gasteiger partial charge in [0.15, 0.2) is 0 Å². The summed E-state index contributed by atoms with van der Waals surface area (Å²) < 4.78 is 5.38. The van der Waals surface area contributed by atoms with E-state index < -0.39 is 5.54 Å². The van der Waals surface area contributed by atoms with Crippen LogP contribution in [0.25, 0.3) is 0 Å². The Kier molecular flexibility index (Phi) is 4.68. The summed E-state index contributed by atoms with van der Waals surface area (Å²) in [5, 5.41) is 2.90. The molecule has 0 radical (unpaired) electrons. The van der Waals surface area contributed by atoms with Crippen LogP contribution in [0.15, 0.2) is 0 Å². The first-order valence-corrected chi connectivity index (χ1v) is 7.66. The van der Waals surface area contributed by atoms with E-state index in [-0.39, 0.29) is 17.9 Å². The third-order valence-corrected chi connectivity index (χ3v) is 4.66. The molecule has 2 heterocycles. The Labute approximate surface area is 121 Å². The summed E-state index contributed by atoms with van der Waals surface area (Å²) in [6, 6.07) is -0.0290. The Balaban J connectivity index is 2.14. The van der Waals surface area contributed by atoms with Crippen LogP contribution in [-0.2, 0) is 14.3 Å². The third kappa shape index (κ3) is 3.14. The Bertz CT molecular complexity index is 379. The zero-order chi connectivity index (χ0) is 14.8. The van der Waals surface area contributed by atoms with Crippen LogP contribution in [0.3, 0.4) is 0 Å². The molecule has 2 fully saturated rings. The van der Waals surface area contributed by atoms with Crippen molar-refractivity contribution in [2.45, 2.75) is 58.0 Å². The minimum absolute atomic E-state index is 0.0234. The standard InChI is InChI=1S/C15H26N2O3/c1-4-15(3)14(19)17(11(2)9-13(18)16-15)10-12-5-7-20-8-6-12/h11-12H,4-10H2,1-3H3,(H,16,18). The van der Waals surface area contributed by atoms with Crippen LogP contribution < -0.4 is 5.32 Å². The van der Waals surface area contributed by atoms with Gasteiger partial charge in [0.2, 0.25) is 11.8 Å². The Morgan fingerprint density at radius 1 is 1.35 bits per heavy atom. The molecule has 5 heteroatoms. The van der Waals surface area contributed by atoms with Crippen LogP contribution in [0.1, 0.15) is 46.5 Å². The van der Waals surface area contributed by atoms with Crippen molar-refractivity contribution in [3.63, 3.8) is 0 Å². The largest absolute Gasteiger partial charge is 0.381 e. The molecule has 2 rings (SSSR count). The van der Waals surface area contributed by atoms with E-state index in [1.165, 1.54) is 0 Å². The van der Waals surface area contributed by atoms with Gasteiger partial charge in [-0.3, -0.25) is 9.59 Å². The average molecular weight is 282 g/mol. The Morgan fingerprint density at radius 3 is 2.60 bits per heavy atom. The molecule has 0 aromatic rings. The van der Waals surface area contributed by atoms with Crippen molar-refractivity contribution >= 4 is 11.8 Å². The van der Waals surface area contributed by atoms with Crippen molar-refractivity contribution in [2.24, 2.45) is 5.92 Å². The van der Waals surface area contributed by atoms with Crippen molar-refractivity contribution < 1.29 is 14.3 Å². The van der Waals surface area contributed by atoms with Crippen molar-refractivity contribution in [1.82, 2.24) is 10.2 Å².